The van der Waals surface area contributed by atoms with Crippen LogP contribution in [0.1, 0.15) is 5.56 Å². The summed E-state index contributed by atoms with van der Waals surface area (Å²) in [5.41, 5.74) is 0.407. The van der Waals surface area contributed by atoms with Crippen LogP contribution in [-0.4, -0.2) is 9.49 Å². The van der Waals surface area contributed by atoms with E-state index in [1.807, 2.05) is 0 Å². The standard InChI is InChI=1S/C12H7F4N3O3/c13-9-4-6(1-2-10(9)17)18-5-7(19(21)22)3-8(11(18)20)12(14,15)16/h1-5H,17H2. The molecule has 116 valence electrons. The van der Waals surface area contributed by atoms with E-state index >= 15 is 0 Å². The molecule has 1 heterocycles. The Labute approximate surface area is 119 Å². The third-order valence-electron chi connectivity index (χ3n) is 2.78. The smallest absolute Gasteiger partial charge is 0.396 e. The summed E-state index contributed by atoms with van der Waals surface area (Å²) in [6, 6.07) is 2.94. The molecular formula is C12H7F4N3O3. The van der Waals surface area contributed by atoms with Gasteiger partial charge in [0.2, 0.25) is 0 Å². The number of anilines is 1. The molecule has 2 aromatic rings. The van der Waals surface area contributed by atoms with Crippen molar-refractivity contribution in [2.24, 2.45) is 0 Å². The molecule has 0 saturated carbocycles. The SMILES string of the molecule is Nc1ccc(-n2cc([N+](=O)[O-])cc(C(F)(F)F)c2=O)cc1F. The first-order valence-corrected chi connectivity index (χ1v) is 5.65. The fourth-order valence-electron chi connectivity index (χ4n) is 1.73. The molecular weight excluding hydrogens is 310 g/mol. The van der Waals surface area contributed by atoms with Gasteiger partial charge in [-0.1, -0.05) is 0 Å². The van der Waals surface area contributed by atoms with Gasteiger partial charge in [0.15, 0.2) is 0 Å². The molecule has 0 aliphatic heterocycles. The van der Waals surface area contributed by atoms with Crippen LogP contribution in [0.4, 0.5) is 28.9 Å². The lowest BCUT2D eigenvalue weighted by molar-refractivity contribution is -0.385. The van der Waals surface area contributed by atoms with Crippen molar-refractivity contribution in [1.29, 1.82) is 0 Å². The predicted molar refractivity (Wildman–Crippen MR) is 68.1 cm³/mol. The van der Waals surface area contributed by atoms with Gasteiger partial charge in [0, 0.05) is 12.1 Å². The van der Waals surface area contributed by atoms with Crippen LogP contribution in [0.15, 0.2) is 35.3 Å². The second-order valence-corrected chi connectivity index (χ2v) is 4.25. The fourth-order valence-corrected chi connectivity index (χ4v) is 1.73. The van der Waals surface area contributed by atoms with Gasteiger partial charge in [0.05, 0.1) is 22.5 Å². The molecule has 6 nitrogen and oxygen atoms in total. The minimum Gasteiger partial charge on any atom is -0.396 e. The van der Waals surface area contributed by atoms with Crippen molar-refractivity contribution in [2.75, 3.05) is 5.73 Å². The number of hydrogen-bond acceptors (Lipinski definition) is 4. The Bertz CT molecular complexity index is 814. The quantitative estimate of drug-likeness (QED) is 0.399. The van der Waals surface area contributed by atoms with Crippen LogP contribution in [0.25, 0.3) is 5.69 Å². The molecule has 0 amide bonds. The van der Waals surface area contributed by atoms with Crippen LogP contribution in [0.5, 0.6) is 0 Å². The van der Waals surface area contributed by atoms with Crippen molar-refractivity contribution in [3.05, 3.63) is 62.3 Å². The fraction of sp³-hybridized carbons (Fsp3) is 0.0833. The van der Waals surface area contributed by atoms with Gasteiger partial charge in [0.25, 0.3) is 11.2 Å². The third kappa shape index (κ3) is 2.75. The van der Waals surface area contributed by atoms with Crippen LogP contribution in [0.3, 0.4) is 0 Å². The molecule has 2 rings (SSSR count). The Balaban J connectivity index is 2.80. The van der Waals surface area contributed by atoms with Crippen molar-refractivity contribution >= 4 is 11.4 Å². The first kappa shape index (κ1) is 15.5. The highest BCUT2D eigenvalue weighted by Crippen LogP contribution is 2.29. The highest BCUT2D eigenvalue weighted by atomic mass is 19.4. The van der Waals surface area contributed by atoms with Gasteiger partial charge in [-0.2, -0.15) is 13.2 Å². The molecule has 2 N–H and O–H groups in total. The maximum Gasteiger partial charge on any atom is 0.421 e. The van der Waals surface area contributed by atoms with Gasteiger partial charge >= 0.3 is 6.18 Å². The monoisotopic (exact) mass is 317 g/mol. The Morgan fingerprint density at radius 3 is 2.36 bits per heavy atom. The van der Waals surface area contributed by atoms with Gasteiger partial charge < -0.3 is 5.73 Å². The first-order chi connectivity index (χ1) is 10.1. The van der Waals surface area contributed by atoms with Crippen molar-refractivity contribution in [1.82, 2.24) is 4.57 Å². The molecule has 0 radical (unpaired) electrons. The summed E-state index contributed by atoms with van der Waals surface area (Å²) in [6.45, 7) is 0. The predicted octanol–water partition coefficient (Wildman–Crippen LogP) is 2.49. The number of nitrogens with two attached hydrogens (primary N) is 1. The van der Waals surface area contributed by atoms with Gasteiger partial charge in [-0.05, 0) is 12.1 Å². The number of nitro groups is 1. The summed E-state index contributed by atoms with van der Waals surface area (Å²) in [5.74, 6) is -0.968. The lowest BCUT2D eigenvalue weighted by Crippen LogP contribution is -2.27. The van der Waals surface area contributed by atoms with E-state index in [1.165, 1.54) is 0 Å². The Morgan fingerprint density at radius 1 is 1.23 bits per heavy atom. The minimum absolute atomic E-state index is 0.131. The molecule has 1 aromatic heterocycles. The molecule has 0 unspecified atom stereocenters. The molecule has 0 atom stereocenters. The van der Waals surface area contributed by atoms with E-state index in [4.69, 9.17) is 5.73 Å². The first-order valence-electron chi connectivity index (χ1n) is 5.65. The van der Waals surface area contributed by atoms with Crippen LogP contribution >= 0.6 is 0 Å². The number of benzene rings is 1. The van der Waals surface area contributed by atoms with Gasteiger partial charge in [-0.15, -0.1) is 0 Å². The molecule has 1 aromatic carbocycles. The molecule has 0 spiro atoms. The molecule has 22 heavy (non-hydrogen) atoms. The number of nitrogen functional groups attached to an aromatic ring is 1. The van der Waals surface area contributed by atoms with Crippen molar-refractivity contribution in [2.45, 2.75) is 6.18 Å². The summed E-state index contributed by atoms with van der Waals surface area (Å²) in [4.78, 5) is 21.5. The molecule has 0 saturated heterocycles. The molecule has 10 heteroatoms. The average molecular weight is 317 g/mol. The average Bonchev–Trinajstić information content (AvgIpc) is 2.40. The number of alkyl halides is 3. The third-order valence-corrected chi connectivity index (χ3v) is 2.78. The van der Waals surface area contributed by atoms with Crippen LogP contribution in [0, 0.1) is 15.9 Å². The zero-order valence-electron chi connectivity index (χ0n) is 10.6. The molecule has 0 fully saturated rings. The number of nitrogens with zero attached hydrogens (tertiary/aromatic N) is 2. The maximum absolute atomic E-state index is 13.4. The summed E-state index contributed by atoms with van der Waals surface area (Å²) < 4.78 is 52.1. The highest BCUT2D eigenvalue weighted by molar-refractivity contribution is 5.48. The van der Waals surface area contributed by atoms with Gasteiger partial charge in [0.1, 0.15) is 11.4 Å². The Hall–Kier alpha value is -2.91. The minimum atomic E-state index is -5.09. The lowest BCUT2D eigenvalue weighted by atomic mass is 10.2. The number of halogens is 4. The topological polar surface area (TPSA) is 91.2 Å². The maximum atomic E-state index is 13.4. The summed E-state index contributed by atoms with van der Waals surface area (Å²) in [5, 5.41) is 10.7. The Morgan fingerprint density at radius 2 is 1.86 bits per heavy atom. The number of hydrogen-bond donors (Lipinski definition) is 1. The number of rotatable bonds is 2. The van der Waals surface area contributed by atoms with Crippen molar-refractivity contribution < 1.29 is 22.5 Å². The molecule has 0 bridgehead atoms. The van der Waals surface area contributed by atoms with Crippen LogP contribution < -0.4 is 11.3 Å². The highest BCUT2D eigenvalue weighted by Gasteiger charge is 2.36. The van der Waals surface area contributed by atoms with E-state index in [-0.39, 0.29) is 17.4 Å². The summed E-state index contributed by atoms with van der Waals surface area (Å²) in [6.07, 6.45) is -4.50. The second kappa shape index (κ2) is 5.13. The van der Waals surface area contributed by atoms with E-state index in [9.17, 15) is 32.5 Å². The van der Waals surface area contributed by atoms with Gasteiger partial charge in [-0.3, -0.25) is 19.5 Å². The zero-order chi connectivity index (χ0) is 16.7. The van der Waals surface area contributed by atoms with Gasteiger partial charge in [-0.25, -0.2) is 4.39 Å². The van der Waals surface area contributed by atoms with E-state index in [0.29, 0.717) is 16.8 Å². The zero-order valence-corrected chi connectivity index (χ0v) is 10.6. The lowest BCUT2D eigenvalue weighted by Gasteiger charge is -2.11. The van der Waals surface area contributed by atoms with E-state index in [2.05, 4.69) is 0 Å². The van der Waals surface area contributed by atoms with Crippen molar-refractivity contribution in [3.8, 4) is 5.69 Å². The number of aromatic nitrogens is 1. The molecule has 0 aliphatic rings. The van der Waals surface area contributed by atoms with E-state index < -0.39 is 33.7 Å². The van der Waals surface area contributed by atoms with Crippen LogP contribution in [0.2, 0.25) is 0 Å². The van der Waals surface area contributed by atoms with E-state index in [0.717, 1.165) is 12.1 Å². The second-order valence-electron chi connectivity index (χ2n) is 4.25. The number of pyridine rings is 1. The van der Waals surface area contributed by atoms with Crippen molar-refractivity contribution in [3.63, 3.8) is 0 Å². The van der Waals surface area contributed by atoms with Crippen LogP contribution in [-0.2, 0) is 6.18 Å². The summed E-state index contributed by atoms with van der Waals surface area (Å²) in [7, 11) is 0. The normalized spacial score (nSPS) is 11.5. The Kier molecular flexibility index (Phi) is 3.61. The molecule has 0 aliphatic carbocycles. The summed E-state index contributed by atoms with van der Waals surface area (Å²) >= 11 is 0. The largest absolute Gasteiger partial charge is 0.421 e. The van der Waals surface area contributed by atoms with E-state index in [1.54, 1.807) is 0 Å².